The highest BCUT2D eigenvalue weighted by molar-refractivity contribution is 9.10. The van der Waals surface area contributed by atoms with Gasteiger partial charge in [-0.15, -0.1) is 0 Å². The van der Waals surface area contributed by atoms with Gasteiger partial charge in [-0.2, -0.15) is 0 Å². The van der Waals surface area contributed by atoms with E-state index in [1.165, 1.54) is 5.56 Å². The first kappa shape index (κ1) is 17.5. The molecule has 0 aliphatic carbocycles. The van der Waals surface area contributed by atoms with E-state index < -0.39 is 0 Å². The van der Waals surface area contributed by atoms with E-state index in [0.29, 0.717) is 31.1 Å². The summed E-state index contributed by atoms with van der Waals surface area (Å²) in [5.41, 5.74) is 1.29. The number of benzene rings is 2. The lowest BCUT2D eigenvalue weighted by Gasteiger charge is -2.09. The molecule has 2 aromatic rings. The Hall–Kier alpha value is -1.81. The summed E-state index contributed by atoms with van der Waals surface area (Å²) in [4.78, 5) is 11.7. The average Bonchev–Trinajstić information content (AvgIpc) is 2.54. The van der Waals surface area contributed by atoms with Crippen LogP contribution in [-0.2, 0) is 4.79 Å². The molecule has 4 heteroatoms. The van der Waals surface area contributed by atoms with Crippen molar-refractivity contribution in [3.63, 3.8) is 0 Å². The van der Waals surface area contributed by atoms with E-state index in [9.17, 15) is 4.79 Å². The Morgan fingerprint density at radius 1 is 1.00 bits per heavy atom. The maximum Gasteiger partial charge on any atom is 0.311 e. The zero-order valence-corrected chi connectivity index (χ0v) is 15.0. The third-order valence-electron chi connectivity index (χ3n) is 3.39. The van der Waals surface area contributed by atoms with Crippen LogP contribution in [0.25, 0.3) is 0 Å². The SMILES string of the molecule is CC(C)c1ccc(OCCCC(=O)Oc2ccc(Br)cc2)cc1. The predicted molar refractivity (Wildman–Crippen MR) is 95.0 cm³/mol. The van der Waals surface area contributed by atoms with Crippen molar-refractivity contribution in [1.82, 2.24) is 0 Å². The van der Waals surface area contributed by atoms with Gasteiger partial charge in [-0.05, 0) is 54.3 Å². The maximum atomic E-state index is 11.7. The molecule has 0 radical (unpaired) electrons. The van der Waals surface area contributed by atoms with Crippen molar-refractivity contribution in [2.45, 2.75) is 32.6 Å². The second-order valence-electron chi connectivity index (χ2n) is 5.60. The van der Waals surface area contributed by atoms with Crippen LogP contribution in [0.5, 0.6) is 11.5 Å². The highest BCUT2D eigenvalue weighted by atomic mass is 79.9. The van der Waals surface area contributed by atoms with E-state index in [-0.39, 0.29) is 5.97 Å². The number of carbonyl (C=O) groups is 1. The summed E-state index contributed by atoms with van der Waals surface area (Å²) in [6, 6.07) is 15.3. The minimum Gasteiger partial charge on any atom is -0.494 e. The summed E-state index contributed by atoms with van der Waals surface area (Å²) in [6.07, 6.45) is 0.960. The largest absolute Gasteiger partial charge is 0.494 e. The number of esters is 1. The first-order valence-corrected chi connectivity index (χ1v) is 8.53. The van der Waals surface area contributed by atoms with Gasteiger partial charge in [0, 0.05) is 10.9 Å². The number of carbonyl (C=O) groups excluding carboxylic acids is 1. The van der Waals surface area contributed by atoms with Crippen molar-refractivity contribution in [3.05, 3.63) is 58.6 Å². The molecule has 0 spiro atoms. The maximum absolute atomic E-state index is 11.7. The third-order valence-corrected chi connectivity index (χ3v) is 3.91. The molecule has 0 aliphatic heterocycles. The Kier molecular flexibility index (Phi) is 6.66. The molecule has 2 aromatic carbocycles. The molecule has 0 heterocycles. The molecule has 122 valence electrons. The van der Waals surface area contributed by atoms with Crippen LogP contribution < -0.4 is 9.47 Å². The van der Waals surface area contributed by atoms with Gasteiger partial charge in [-0.25, -0.2) is 0 Å². The first-order chi connectivity index (χ1) is 11.0. The van der Waals surface area contributed by atoms with Crippen LogP contribution in [0.4, 0.5) is 0 Å². The average molecular weight is 377 g/mol. The van der Waals surface area contributed by atoms with E-state index >= 15 is 0 Å². The summed E-state index contributed by atoms with van der Waals surface area (Å²) in [5, 5.41) is 0. The Morgan fingerprint density at radius 3 is 2.22 bits per heavy atom. The molecule has 0 bridgehead atoms. The van der Waals surface area contributed by atoms with E-state index in [1.54, 1.807) is 12.1 Å². The fraction of sp³-hybridized carbons (Fsp3) is 0.316. The molecular weight excluding hydrogens is 356 g/mol. The molecule has 0 N–H and O–H groups in total. The van der Waals surface area contributed by atoms with Gasteiger partial charge in [0.15, 0.2) is 0 Å². The van der Waals surface area contributed by atoms with E-state index in [0.717, 1.165) is 10.2 Å². The highest BCUT2D eigenvalue weighted by Gasteiger charge is 2.05. The number of rotatable bonds is 7. The topological polar surface area (TPSA) is 35.5 Å². The zero-order valence-electron chi connectivity index (χ0n) is 13.4. The molecule has 0 saturated heterocycles. The van der Waals surface area contributed by atoms with Gasteiger partial charge in [0.2, 0.25) is 0 Å². The molecule has 0 fully saturated rings. The lowest BCUT2D eigenvalue weighted by Crippen LogP contribution is -2.09. The Bertz CT molecular complexity index is 618. The minimum atomic E-state index is -0.244. The summed E-state index contributed by atoms with van der Waals surface area (Å²) in [5.74, 6) is 1.66. The standard InChI is InChI=1S/C19H21BrO3/c1-14(2)15-5-9-17(10-6-15)22-13-3-4-19(21)23-18-11-7-16(20)8-12-18/h5-12,14H,3-4,13H2,1-2H3. The number of ether oxygens (including phenoxy) is 2. The Morgan fingerprint density at radius 2 is 1.61 bits per heavy atom. The second-order valence-corrected chi connectivity index (χ2v) is 6.52. The van der Waals surface area contributed by atoms with E-state index in [1.807, 2.05) is 24.3 Å². The van der Waals surface area contributed by atoms with Gasteiger partial charge in [-0.3, -0.25) is 4.79 Å². The normalized spacial score (nSPS) is 10.6. The van der Waals surface area contributed by atoms with Crippen LogP contribution >= 0.6 is 15.9 Å². The van der Waals surface area contributed by atoms with Crippen molar-refractivity contribution in [2.24, 2.45) is 0 Å². The Labute approximate surface area is 145 Å². The highest BCUT2D eigenvalue weighted by Crippen LogP contribution is 2.19. The molecule has 23 heavy (non-hydrogen) atoms. The summed E-state index contributed by atoms with van der Waals surface area (Å²) >= 11 is 3.34. The van der Waals surface area contributed by atoms with Gasteiger partial charge >= 0.3 is 5.97 Å². The van der Waals surface area contributed by atoms with Crippen molar-refractivity contribution in [3.8, 4) is 11.5 Å². The van der Waals surface area contributed by atoms with Crippen LogP contribution in [-0.4, -0.2) is 12.6 Å². The summed E-state index contributed by atoms with van der Waals surface area (Å²) < 4.78 is 11.8. The number of hydrogen-bond acceptors (Lipinski definition) is 3. The molecule has 2 rings (SSSR count). The van der Waals surface area contributed by atoms with Gasteiger partial charge in [-0.1, -0.05) is 41.9 Å². The van der Waals surface area contributed by atoms with Crippen molar-refractivity contribution in [2.75, 3.05) is 6.61 Å². The van der Waals surface area contributed by atoms with Crippen LogP contribution in [0.3, 0.4) is 0 Å². The van der Waals surface area contributed by atoms with Gasteiger partial charge in [0.25, 0.3) is 0 Å². The lowest BCUT2D eigenvalue weighted by atomic mass is 10.0. The Balaban J connectivity index is 1.68. The molecule has 0 amide bonds. The fourth-order valence-corrected chi connectivity index (χ4v) is 2.30. The summed E-state index contributed by atoms with van der Waals surface area (Å²) in [7, 11) is 0. The van der Waals surface area contributed by atoms with Gasteiger partial charge in [0.05, 0.1) is 6.61 Å². The van der Waals surface area contributed by atoms with Crippen LogP contribution in [0, 0.1) is 0 Å². The van der Waals surface area contributed by atoms with Crippen LogP contribution in [0.2, 0.25) is 0 Å². The fourth-order valence-electron chi connectivity index (χ4n) is 2.04. The smallest absolute Gasteiger partial charge is 0.311 e. The molecule has 3 nitrogen and oxygen atoms in total. The summed E-state index contributed by atoms with van der Waals surface area (Å²) in [6.45, 7) is 4.82. The quantitative estimate of drug-likeness (QED) is 0.371. The molecule has 0 atom stereocenters. The molecule has 0 aromatic heterocycles. The molecule has 0 saturated carbocycles. The lowest BCUT2D eigenvalue weighted by molar-refractivity contribution is -0.134. The molecular formula is C19H21BrO3. The van der Waals surface area contributed by atoms with Crippen molar-refractivity contribution in [1.29, 1.82) is 0 Å². The zero-order chi connectivity index (χ0) is 16.7. The van der Waals surface area contributed by atoms with Crippen molar-refractivity contribution >= 4 is 21.9 Å². The second kappa shape index (κ2) is 8.73. The van der Waals surface area contributed by atoms with Crippen LogP contribution in [0.15, 0.2) is 53.0 Å². The monoisotopic (exact) mass is 376 g/mol. The molecule has 0 aliphatic rings. The first-order valence-electron chi connectivity index (χ1n) is 7.73. The van der Waals surface area contributed by atoms with Crippen LogP contribution in [0.1, 0.15) is 38.2 Å². The van der Waals surface area contributed by atoms with Crippen molar-refractivity contribution < 1.29 is 14.3 Å². The predicted octanol–water partition coefficient (Wildman–Crippen LogP) is 5.34. The van der Waals surface area contributed by atoms with Gasteiger partial charge in [0.1, 0.15) is 11.5 Å². The number of hydrogen-bond donors (Lipinski definition) is 0. The van der Waals surface area contributed by atoms with Gasteiger partial charge < -0.3 is 9.47 Å². The molecule has 0 unspecified atom stereocenters. The minimum absolute atomic E-state index is 0.244. The number of halogens is 1. The third kappa shape index (κ3) is 6.06. The van der Waals surface area contributed by atoms with E-state index in [4.69, 9.17) is 9.47 Å². The van der Waals surface area contributed by atoms with E-state index in [2.05, 4.69) is 41.9 Å².